The van der Waals surface area contributed by atoms with E-state index in [1.165, 1.54) is 16.8 Å². The van der Waals surface area contributed by atoms with Crippen LogP contribution in [0.4, 0.5) is 5.69 Å². The molecule has 64 valence electrons. The first kappa shape index (κ1) is 7.47. The summed E-state index contributed by atoms with van der Waals surface area (Å²) in [6.07, 6.45) is 1.12. The molecule has 0 bridgehead atoms. The second-order valence-corrected chi connectivity index (χ2v) is 3.16. The Morgan fingerprint density at radius 3 is 3.00 bits per heavy atom. The molecule has 1 aromatic carbocycles. The number of fused-ring (bicyclic) bond motifs is 1. The van der Waals surface area contributed by atoms with Gasteiger partial charge in [0.25, 0.3) is 0 Å². The highest BCUT2D eigenvalue weighted by atomic mass is 16.5. The predicted octanol–water partition coefficient (Wildman–Crippen LogP) is 1.97. The SMILES string of the molecule is COc1cc(C)c2c(c1)CCN2. The molecular formula is C10H13NO. The van der Waals surface area contributed by atoms with E-state index in [4.69, 9.17) is 4.74 Å². The number of methoxy groups -OCH3 is 1. The van der Waals surface area contributed by atoms with Gasteiger partial charge in [0.2, 0.25) is 0 Å². The number of anilines is 1. The predicted molar refractivity (Wildman–Crippen MR) is 49.9 cm³/mol. The lowest BCUT2D eigenvalue weighted by Crippen LogP contribution is -1.93. The molecule has 12 heavy (non-hydrogen) atoms. The molecule has 0 fully saturated rings. The fourth-order valence-corrected chi connectivity index (χ4v) is 1.71. The van der Waals surface area contributed by atoms with Crippen LogP contribution in [-0.4, -0.2) is 13.7 Å². The van der Waals surface area contributed by atoms with Crippen molar-refractivity contribution in [2.24, 2.45) is 0 Å². The molecule has 0 saturated heterocycles. The van der Waals surface area contributed by atoms with Crippen LogP contribution in [0, 0.1) is 6.92 Å². The van der Waals surface area contributed by atoms with Crippen LogP contribution in [0.2, 0.25) is 0 Å². The second kappa shape index (κ2) is 2.70. The molecule has 1 heterocycles. The number of benzene rings is 1. The normalized spacial score (nSPS) is 13.8. The summed E-state index contributed by atoms with van der Waals surface area (Å²) in [5.74, 6) is 0.968. The van der Waals surface area contributed by atoms with Crippen LogP contribution in [0.3, 0.4) is 0 Å². The van der Waals surface area contributed by atoms with Gasteiger partial charge < -0.3 is 10.1 Å². The average Bonchev–Trinajstić information content (AvgIpc) is 2.52. The first-order chi connectivity index (χ1) is 5.81. The zero-order valence-electron chi connectivity index (χ0n) is 7.48. The topological polar surface area (TPSA) is 21.3 Å². The Balaban J connectivity index is 2.51. The third-order valence-electron chi connectivity index (χ3n) is 2.32. The summed E-state index contributed by atoms with van der Waals surface area (Å²) >= 11 is 0. The number of hydrogen-bond donors (Lipinski definition) is 1. The van der Waals surface area contributed by atoms with Gasteiger partial charge in [-0.1, -0.05) is 0 Å². The van der Waals surface area contributed by atoms with Crippen molar-refractivity contribution in [3.05, 3.63) is 23.3 Å². The summed E-state index contributed by atoms with van der Waals surface area (Å²) in [5, 5.41) is 3.36. The standard InChI is InChI=1S/C10H13NO/c1-7-5-9(12-2)6-8-3-4-11-10(7)8/h5-6,11H,3-4H2,1-2H3. The zero-order chi connectivity index (χ0) is 8.55. The van der Waals surface area contributed by atoms with Crippen molar-refractivity contribution in [3.8, 4) is 5.75 Å². The van der Waals surface area contributed by atoms with Crippen LogP contribution in [0.1, 0.15) is 11.1 Å². The fourth-order valence-electron chi connectivity index (χ4n) is 1.71. The minimum absolute atomic E-state index is 0.968. The smallest absolute Gasteiger partial charge is 0.119 e. The van der Waals surface area contributed by atoms with Gasteiger partial charge >= 0.3 is 0 Å². The van der Waals surface area contributed by atoms with Gasteiger partial charge in [-0.25, -0.2) is 0 Å². The highest BCUT2D eigenvalue weighted by molar-refractivity contribution is 5.63. The number of hydrogen-bond acceptors (Lipinski definition) is 2. The van der Waals surface area contributed by atoms with Crippen LogP contribution >= 0.6 is 0 Å². The number of aryl methyl sites for hydroxylation is 1. The molecule has 2 nitrogen and oxygen atoms in total. The Labute approximate surface area is 72.5 Å². The second-order valence-electron chi connectivity index (χ2n) is 3.16. The summed E-state index contributed by atoms with van der Waals surface area (Å²) in [7, 11) is 1.71. The highest BCUT2D eigenvalue weighted by Crippen LogP contribution is 2.30. The Bertz CT molecular complexity index is 307. The van der Waals surface area contributed by atoms with Crippen molar-refractivity contribution >= 4 is 5.69 Å². The van der Waals surface area contributed by atoms with E-state index < -0.39 is 0 Å². The summed E-state index contributed by atoms with van der Waals surface area (Å²) in [6, 6.07) is 4.18. The molecule has 0 radical (unpaired) electrons. The van der Waals surface area contributed by atoms with Crippen molar-refractivity contribution in [3.63, 3.8) is 0 Å². The number of nitrogens with one attached hydrogen (secondary N) is 1. The molecule has 2 rings (SSSR count). The monoisotopic (exact) mass is 163 g/mol. The molecule has 1 aliphatic rings. The van der Waals surface area contributed by atoms with Crippen LogP contribution in [-0.2, 0) is 6.42 Å². The van der Waals surface area contributed by atoms with E-state index >= 15 is 0 Å². The molecule has 1 aromatic rings. The largest absolute Gasteiger partial charge is 0.497 e. The molecule has 0 saturated carbocycles. The van der Waals surface area contributed by atoms with Gasteiger partial charge in [-0.2, -0.15) is 0 Å². The maximum absolute atomic E-state index is 5.19. The highest BCUT2D eigenvalue weighted by Gasteiger charge is 2.13. The molecule has 0 amide bonds. The Hall–Kier alpha value is -1.18. The van der Waals surface area contributed by atoms with E-state index in [9.17, 15) is 0 Å². The molecule has 1 aliphatic heterocycles. The average molecular weight is 163 g/mol. The van der Waals surface area contributed by atoms with Gasteiger partial charge in [0.05, 0.1) is 7.11 Å². The number of ether oxygens (including phenoxy) is 1. The fraction of sp³-hybridized carbons (Fsp3) is 0.400. The number of rotatable bonds is 1. The Morgan fingerprint density at radius 2 is 2.25 bits per heavy atom. The van der Waals surface area contributed by atoms with Crippen LogP contribution in [0.25, 0.3) is 0 Å². The maximum atomic E-state index is 5.19. The Morgan fingerprint density at radius 1 is 1.42 bits per heavy atom. The summed E-state index contributed by atoms with van der Waals surface area (Å²) in [6.45, 7) is 3.17. The molecule has 2 heteroatoms. The van der Waals surface area contributed by atoms with E-state index in [-0.39, 0.29) is 0 Å². The van der Waals surface area contributed by atoms with Gasteiger partial charge in [0.1, 0.15) is 5.75 Å². The van der Waals surface area contributed by atoms with Gasteiger partial charge in [0, 0.05) is 12.2 Å². The lowest BCUT2D eigenvalue weighted by molar-refractivity contribution is 0.414. The van der Waals surface area contributed by atoms with Gasteiger partial charge in [0.15, 0.2) is 0 Å². The summed E-state index contributed by atoms with van der Waals surface area (Å²) < 4.78 is 5.19. The van der Waals surface area contributed by atoms with Gasteiger partial charge in [-0.05, 0) is 36.6 Å². The molecule has 1 N–H and O–H groups in total. The molecule has 0 aromatic heterocycles. The van der Waals surface area contributed by atoms with Gasteiger partial charge in [-0.3, -0.25) is 0 Å². The molecule has 0 aliphatic carbocycles. The van der Waals surface area contributed by atoms with Crippen LogP contribution in [0.5, 0.6) is 5.75 Å². The maximum Gasteiger partial charge on any atom is 0.119 e. The Kier molecular flexibility index (Phi) is 1.68. The third-order valence-corrected chi connectivity index (χ3v) is 2.32. The lowest BCUT2D eigenvalue weighted by Gasteiger charge is -2.07. The van der Waals surface area contributed by atoms with E-state index in [0.717, 1.165) is 18.7 Å². The van der Waals surface area contributed by atoms with E-state index in [1.807, 2.05) is 0 Å². The van der Waals surface area contributed by atoms with Crippen LogP contribution in [0.15, 0.2) is 12.1 Å². The van der Waals surface area contributed by atoms with Gasteiger partial charge in [-0.15, -0.1) is 0 Å². The quantitative estimate of drug-likeness (QED) is 0.683. The van der Waals surface area contributed by atoms with Crippen LogP contribution < -0.4 is 10.1 Å². The summed E-state index contributed by atoms with van der Waals surface area (Å²) in [4.78, 5) is 0. The van der Waals surface area contributed by atoms with Crippen molar-refractivity contribution in [1.82, 2.24) is 0 Å². The van der Waals surface area contributed by atoms with Crippen molar-refractivity contribution < 1.29 is 4.74 Å². The summed E-state index contributed by atoms with van der Waals surface area (Å²) in [5.41, 5.74) is 3.96. The lowest BCUT2D eigenvalue weighted by atomic mass is 10.1. The molecular weight excluding hydrogens is 150 g/mol. The first-order valence-corrected chi connectivity index (χ1v) is 4.22. The zero-order valence-corrected chi connectivity index (χ0v) is 7.48. The van der Waals surface area contributed by atoms with E-state index in [1.54, 1.807) is 7.11 Å². The first-order valence-electron chi connectivity index (χ1n) is 4.22. The van der Waals surface area contributed by atoms with E-state index in [2.05, 4.69) is 24.4 Å². The molecule has 0 unspecified atom stereocenters. The van der Waals surface area contributed by atoms with Crippen molar-refractivity contribution in [2.45, 2.75) is 13.3 Å². The molecule has 0 spiro atoms. The molecule has 0 atom stereocenters. The minimum Gasteiger partial charge on any atom is -0.497 e. The minimum atomic E-state index is 0.968. The van der Waals surface area contributed by atoms with Crippen molar-refractivity contribution in [2.75, 3.05) is 19.0 Å². The third kappa shape index (κ3) is 1.04. The van der Waals surface area contributed by atoms with Crippen molar-refractivity contribution in [1.29, 1.82) is 0 Å². The van der Waals surface area contributed by atoms with E-state index in [0.29, 0.717) is 0 Å².